The third-order valence-electron chi connectivity index (χ3n) is 5.92. The van der Waals surface area contributed by atoms with Crippen LogP contribution >= 0.6 is 11.6 Å². The molecular formula is C23H21ClN6O2. The van der Waals surface area contributed by atoms with Gasteiger partial charge < -0.3 is 0 Å². The molecule has 2 aromatic carbocycles. The summed E-state index contributed by atoms with van der Waals surface area (Å²) in [7, 11) is 3.14. The van der Waals surface area contributed by atoms with Crippen LogP contribution in [0.15, 0.2) is 52.1 Å². The quantitative estimate of drug-likeness (QED) is 0.425. The minimum absolute atomic E-state index is 0.374. The van der Waals surface area contributed by atoms with Crippen molar-refractivity contribution in [2.75, 3.05) is 0 Å². The molecule has 32 heavy (non-hydrogen) atoms. The van der Waals surface area contributed by atoms with Gasteiger partial charge in [0, 0.05) is 24.7 Å². The summed E-state index contributed by atoms with van der Waals surface area (Å²) in [5.74, 6) is 1.02. The van der Waals surface area contributed by atoms with Crippen LogP contribution in [0.2, 0.25) is 5.02 Å². The molecule has 9 heteroatoms. The summed E-state index contributed by atoms with van der Waals surface area (Å²) in [4.78, 5) is 26.0. The van der Waals surface area contributed by atoms with E-state index in [1.807, 2.05) is 30.5 Å². The number of halogens is 1. The molecule has 8 nitrogen and oxygen atoms in total. The highest BCUT2D eigenvalue weighted by Crippen LogP contribution is 2.26. The van der Waals surface area contributed by atoms with Crippen molar-refractivity contribution in [3.63, 3.8) is 0 Å². The maximum Gasteiger partial charge on any atom is 0.332 e. The fraction of sp³-hybridized carbons (Fsp3) is 0.217. The number of aromatic nitrogens is 6. The van der Waals surface area contributed by atoms with Crippen molar-refractivity contribution in [1.29, 1.82) is 0 Å². The van der Waals surface area contributed by atoms with E-state index in [1.54, 1.807) is 23.6 Å². The Hall–Kier alpha value is -3.65. The number of fused-ring (bicyclic) bond motifs is 3. The van der Waals surface area contributed by atoms with Gasteiger partial charge in [-0.25, -0.2) is 9.20 Å². The van der Waals surface area contributed by atoms with Crippen molar-refractivity contribution in [3.8, 4) is 11.4 Å². The molecule has 162 valence electrons. The number of imidazole rings is 1. The predicted molar refractivity (Wildman–Crippen MR) is 124 cm³/mol. The summed E-state index contributed by atoms with van der Waals surface area (Å²) < 4.78 is 6.20. The lowest BCUT2D eigenvalue weighted by atomic mass is 10.1. The van der Waals surface area contributed by atoms with Gasteiger partial charge in [0.15, 0.2) is 17.0 Å². The number of nitrogens with zero attached hydrogens (tertiary/aromatic N) is 6. The van der Waals surface area contributed by atoms with Gasteiger partial charge in [-0.2, -0.15) is 0 Å². The molecule has 5 aromatic rings. The fourth-order valence-corrected chi connectivity index (χ4v) is 4.26. The monoisotopic (exact) mass is 448 g/mol. The maximum absolute atomic E-state index is 13.3. The third kappa shape index (κ3) is 2.90. The van der Waals surface area contributed by atoms with Gasteiger partial charge in [-0.3, -0.25) is 18.5 Å². The van der Waals surface area contributed by atoms with Crippen LogP contribution in [0.25, 0.3) is 28.3 Å². The predicted octanol–water partition coefficient (Wildman–Crippen LogP) is 3.07. The third-order valence-corrected chi connectivity index (χ3v) is 6.17. The van der Waals surface area contributed by atoms with Crippen LogP contribution < -0.4 is 11.2 Å². The maximum atomic E-state index is 13.3. The smallest absolute Gasteiger partial charge is 0.298 e. The van der Waals surface area contributed by atoms with Gasteiger partial charge in [0.1, 0.15) is 0 Å². The molecule has 0 aliphatic rings. The van der Waals surface area contributed by atoms with Crippen molar-refractivity contribution in [2.45, 2.75) is 20.4 Å². The van der Waals surface area contributed by atoms with Gasteiger partial charge in [-0.15, -0.1) is 10.2 Å². The van der Waals surface area contributed by atoms with E-state index in [1.165, 1.54) is 11.6 Å². The Kier molecular flexibility index (Phi) is 4.56. The van der Waals surface area contributed by atoms with Crippen LogP contribution in [0.1, 0.15) is 16.7 Å². The van der Waals surface area contributed by atoms with Gasteiger partial charge in [-0.1, -0.05) is 35.4 Å². The fourth-order valence-electron chi connectivity index (χ4n) is 4.13. The Morgan fingerprint density at radius 1 is 0.938 bits per heavy atom. The molecule has 0 spiro atoms. The lowest BCUT2D eigenvalue weighted by molar-refractivity contribution is 0.700. The second-order valence-corrected chi connectivity index (χ2v) is 8.50. The topological polar surface area (TPSA) is 79.1 Å². The lowest BCUT2D eigenvalue weighted by Crippen LogP contribution is -2.37. The molecule has 0 radical (unpaired) electrons. The van der Waals surface area contributed by atoms with Gasteiger partial charge >= 0.3 is 5.69 Å². The van der Waals surface area contributed by atoms with Crippen molar-refractivity contribution >= 4 is 28.5 Å². The molecular weight excluding hydrogens is 428 g/mol. The lowest BCUT2D eigenvalue weighted by Gasteiger charge is -2.10. The van der Waals surface area contributed by atoms with Crippen molar-refractivity contribution in [2.24, 2.45) is 14.1 Å². The second-order valence-electron chi connectivity index (χ2n) is 8.06. The van der Waals surface area contributed by atoms with Gasteiger partial charge in [0.2, 0.25) is 5.78 Å². The molecule has 0 atom stereocenters. The SMILES string of the molecule is Cc1ccc(C)c(Cn2c3c(=O)n(C)c(=O)n(C)c3n3c(-c4ccc(Cl)cc4)nnc23)c1. The van der Waals surface area contributed by atoms with E-state index in [-0.39, 0.29) is 5.56 Å². The zero-order valence-electron chi connectivity index (χ0n) is 18.1. The first-order valence-electron chi connectivity index (χ1n) is 10.1. The minimum Gasteiger partial charge on any atom is -0.298 e. The first kappa shape index (κ1) is 20.3. The second kappa shape index (κ2) is 7.20. The van der Waals surface area contributed by atoms with Crippen LogP contribution in [0, 0.1) is 13.8 Å². The summed E-state index contributed by atoms with van der Waals surface area (Å²) in [5.41, 5.74) is 4.14. The standard InChI is InChI=1S/C23H21ClN6O2/c1-13-5-6-14(2)16(11-13)12-29-18-20(27(3)23(32)28(4)21(18)31)30-19(25-26-22(29)30)15-7-9-17(24)10-8-15/h5-11H,12H2,1-4H3. The molecule has 0 unspecified atom stereocenters. The molecule has 0 N–H and O–H groups in total. The van der Waals surface area contributed by atoms with E-state index in [0.29, 0.717) is 34.3 Å². The molecule has 0 fully saturated rings. The zero-order valence-corrected chi connectivity index (χ0v) is 18.9. The van der Waals surface area contributed by atoms with Crippen LogP contribution in [0.5, 0.6) is 0 Å². The van der Waals surface area contributed by atoms with Crippen LogP contribution in [-0.2, 0) is 20.6 Å². The van der Waals surface area contributed by atoms with Gasteiger partial charge in [-0.05, 0) is 49.2 Å². The highest BCUT2D eigenvalue weighted by atomic mass is 35.5. The Labute approximate surface area is 187 Å². The van der Waals surface area contributed by atoms with E-state index in [9.17, 15) is 9.59 Å². The molecule has 0 saturated heterocycles. The highest BCUT2D eigenvalue weighted by Gasteiger charge is 2.24. The normalized spacial score (nSPS) is 11.7. The van der Waals surface area contributed by atoms with Crippen molar-refractivity contribution < 1.29 is 0 Å². The average Bonchev–Trinajstić information content (AvgIpc) is 3.33. The van der Waals surface area contributed by atoms with Gasteiger partial charge in [0.25, 0.3) is 5.56 Å². The minimum atomic E-state index is -0.413. The first-order chi connectivity index (χ1) is 15.3. The molecule has 0 aliphatic carbocycles. The molecule has 0 aliphatic heterocycles. The number of aryl methyl sites for hydroxylation is 3. The largest absolute Gasteiger partial charge is 0.332 e. The van der Waals surface area contributed by atoms with Crippen molar-refractivity contribution in [1.82, 2.24) is 28.3 Å². The number of hydrogen-bond donors (Lipinski definition) is 0. The summed E-state index contributed by atoms with van der Waals surface area (Å²) in [6.07, 6.45) is 0. The highest BCUT2D eigenvalue weighted by molar-refractivity contribution is 6.30. The summed E-state index contributed by atoms with van der Waals surface area (Å²) >= 11 is 6.06. The van der Waals surface area contributed by atoms with E-state index < -0.39 is 5.69 Å². The summed E-state index contributed by atoms with van der Waals surface area (Å²) in [6.45, 7) is 4.49. The van der Waals surface area contributed by atoms with E-state index in [4.69, 9.17) is 11.6 Å². The number of hydrogen-bond acceptors (Lipinski definition) is 4. The zero-order chi connectivity index (χ0) is 22.7. The number of rotatable bonds is 3. The van der Waals surface area contributed by atoms with Crippen LogP contribution in [0.4, 0.5) is 0 Å². The molecule has 0 amide bonds. The van der Waals surface area contributed by atoms with E-state index in [0.717, 1.165) is 26.8 Å². The summed E-state index contributed by atoms with van der Waals surface area (Å²) in [6, 6.07) is 13.4. The Morgan fingerprint density at radius 2 is 1.66 bits per heavy atom. The summed E-state index contributed by atoms with van der Waals surface area (Å²) in [5, 5.41) is 9.42. The molecule has 3 heterocycles. The van der Waals surface area contributed by atoms with E-state index >= 15 is 0 Å². The molecule has 3 aromatic heterocycles. The number of benzene rings is 2. The molecule has 0 saturated carbocycles. The Morgan fingerprint density at radius 3 is 2.38 bits per heavy atom. The van der Waals surface area contributed by atoms with Crippen LogP contribution in [0.3, 0.4) is 0 Å². The van der Waals surface area contributed by atoms with Gasteiger partial charge in [0.05, 0.1) is 6.54 Å². The van der Waals surface area contributed by atoms with E-state index in [2.05, 4.69) is 28.4 Å². The van der Waals surface area contributed by atoms with Crippen LogP contribution in [-0.4, -0.2) is 28.3 Å². The Bertz CT molecular complexity index is 1640. The molecule has 5 rings (SSSR count). The van der Waals surface area contributed by atoms with Crippen molar-refractivity contribution in [3.05, 3.63) is 85.0 Å². The molecule has 0 bridgehead atoms. The first-order valence-corrected chi connectivity index (χ1v) is 10.5. The average molecular weight is 449 g/mol. The Balaban J connectivity index is 1.91.